The van der Waals surface area contributed by atoms with Crippen molar-refractivity contribution in [3.8, 4) is 0 Å². The number of hydrogen-bond acceptors (Lipinski definition) is 10. The molecular weight excluding hydrogens is 596 g/mol. The van der Waals surface area contributed by atoms with Crippen LogP contribution in [0, 0.1) is 11.8 Å². The van der Waals surface area contributed by atoms with Crippen molar-refractivity contribution in [3.63, 3.8) is 0 Å². The van der Waals surface area contributed by atoms with Crippen LogP contribution >= 0.6 is 0 Å². The van der Waals surface area contributed by atoms with Crippen LogP contribution in [0.15, 0.2) is 65.8 Å². The van der Waals surface area contributed by atoms with Gasteiger partial charge in [0.15, 0.2) is 0 Å². The van der Waals surface area contributed by atoms with Crippen molar-refractivity contribution < 1.29 is 38.1 Å². The fourth-order valence-electron chi connectivity index (χ4n) is 5.64. The second-order valence-corrected chi connectivity index (χ2v) is 11.3. The lowest BCUT2D eigenvalue weighted by molar-refractivity contribution is -0.147. The van der Waals surface area contributed by atoms with Crippen molar-refractivity contribution in [2.24, 2.45) is 22.7 Å². The van der Waals surface area contributed by atoms with E-state index in [1.54, 1.807) is 0 Å². The van der Waals surface area contributed by atoms with E-state index in [1.165, 1.54) is 14.2 Å². The summed E-state index contributed by atoms with van der Waals surface area (Å²) in [5, 5.41) is 9.20. The number of rotatable bonds is 9. The van der Waals surface area contributed by atoms with Gasteiger partial charge >= 0.3 is 24.1 Å². The van der Waals surface area contributed by atoms with Crippen molar-refractivity contribution in [3.05, 3.63) is 82.2 Å². The normalized spacial score (nSPS) is 23.5. The number of benzene rings is 2. The molecule has 0 bridgehead atoms. The van der Waals surface area contributed by atoms with Gasteiger partial charge in [-0.25, -0.2) is 9.59 Å². The Balaban J connectivity index is 0.000000251. The lowest BCUT2D eigenvalue weighted by Gasteiger charge is -2.31. The molecule has 0 spiro atoms. The summed E-state index contributed by atoms with van der Waals surface area (Å²) in [7, 11) is 2.68. The second kappa shape index (κ2) is 18.9. The number of methoxy groups -OCH3 is 2. The maximum absolute atomic E-state index is 11.9. The molecule has 2 aromatic rings. The molecule has 6 atom stereocenters. The van der Waals surface area contributed by atoms with Crippen LogP contribution in [-0.4, -0.2) is 62.5 Å². The van der Waals surface area contributed by atoms with Gasteiger partial charge in [-0.3, -0.25) is 9.59 Å². The highest BCUT2D eigenvalue weighted by Gasteiger charge is 2.34. The Morgan fingerprint density at radius 1 is 0.739 bits per heavy atom. The zero-order valence-electron chi connectivity index (χ0n) is 26.1. The molecular formula is C32H42N6O8. The monoisotopic (exact) mass is 638 g/mol. The predicted octanol–water partition coefficient (Wildman–Crippen LogP) is 4.52. The van der Waals surface area contributed by atoms with Gasteiger partial charge in [0.25, 0.3) is 0 Å². The van der Waals surface area contributed by atoms with Gasteiger partial charge in [-0.1, -0.05) is 65.8 Å². The molecule has 2 amide bonds. The van der Waals surface area contributed by atoms with Gasteiger partial charge in [0.05, 0.1) is 26.1 Å². The Morgan fingerprint density at radius 3 is 1.65 bits per heavy atom. The van der Waals surface area contributed by atoms with Crippen LogP contribution in [0.5, 0.6) is 0 Å². The third-order valence-electron chi connectivity index (χ3n) is 7.78. The van der Waals surface area contributed by atoms with E-state index in [4.69, 9.17) is 30.2 Å². The van der Waals surface area contributed by atoms with Crippen LogP contribution in [0.1, 0.15) is 49.7 Å². The van der Waals surface area contributed by atoms with Crippen LogP contribution < -0.4 is 16.4 Å². The molecule has 248 valence electrons. The molecule has 2 saturated carbocycles. The molecule has 46 heavy (non-hydrogen) atoms. The minimum Gasteiger partial charge on any atom is -0.469 e. The standard InChI is InChI=1S/C16H20N4O4.C16H22N2O4/c1-23-15(21)12-7-13(9-14(8-12)19-20-17)18-16(22)24-10-11-5-3-2-4-6-11;1-21-15(19)12-7-13(17)9-14(8-12)18-16(20)22-10-11-5-3-2-4-6-11/h2-6,12-14H,7-10H2,1H3,(H,18,22);2-6,12-14H,7-10,17H2,1H3,(H,18,20)/t2*12-,13+,14-/m10/s1. The summed E-state index contributed by atoms with van der Waals surface area (Å²) in [6.45, 7) is 0.380. The summed E-state index contributed by atoms with van der Waals surface area (Å²) >= 11 is 0. The Hall–Kier alpha value is -4.81. The van der Waals surface area contributed by atoms with Gasteiger partial charge in [-0.05, 0) is 55.2 Å². The van der Waals surface area contributed by atoms with Crippen molar-refractivity contribution in [1.29, 1.82) is 0 Å². The molecule has 14 heteroatoms. The lowest BCUT2D eigenvalue weighted by Crippen LogP contribution is -2.46. The van der Waals surface area contributed by atoms with E-state index >= 15 is 0 Å². The smallest absolute Gasteiger partial charge is 0.407 e. The van der Waals surface area contributed by atoms with E-state index in [0.29, 0.717) is 38.5 Å². The molecule has 0 unspecified atom stereocenters. The van der Waals surface area contributed by atoms with Crippen LogP contribution in [0.4, 0.5) is 9.59 Å². The number of azide groups is 1. The SMILES string of the molecule is COC(=O)[C@H]1C[C@@H](N)C[C@@H](NC(=O)OCc2ccccc2)C1.COC(=O)[C@H]1C[C@@H](N=[N+]=[N-])C[C@@H](NC(=O)OCc2ccccc2)C1. The second-order valence-electron chi connectivity index (χ2n) is 11.3. The zero-order chi connectivity index (χ0) is 33.3. The topological polar surface area (TPSA) is 204 Å². The number of amides is 2. The molecule has 0 aliphatic heterocycles. The molecule has 4 N–H and O–H groups in total. The molecule has 0 heterocycles. The van der Waals surface area contributed by atoms with Gasteiger partial charge in [0.2, 0.25) is 0 Å². The number of nitrogens with two attached hydrogens (primary N) is 1. The van der Waals surface area contributed by atoms with E-state index in [1.807, 2.05) is 60.7 Å². The summed E-state index contributed by atoms with van der Waals surface area (Å²) in [4.78, 5) is 50.0. The van der Waals surface area contributed by atoms with Gasteiger partial charge in [0, 0.05) is 29.1 Å². The summed E-state index contributed by atoms with van der Waals surface area (Å²) in [5.74, 6) is -1.32. The van der Waals surface area contributed by atoms with Crippen molar-refractivity contribution >= 4 is 24.1 Å². The number of esters is 2. The Labute approximate surface area is 267 Å². The summed E-state index contributed by atoms with van der Waals surface area (Å²) in [5.41, 5.74) is 16.4. The minimum absolute atomic E-state index is 0.128. The molecule has 4 rings (SSSR count). The summed E-state index contributed by atoms with van der Waals surface area (Å²) in [6, 6.07) is 17.8. The average Bonchev–Trinajstić information content (AvgIpc) is 3.06. The molecule has 2 aliphatic rings. The molecule has 0 saturated heterocycles. The van der Waals surface area contributed by atoms with Crippen LogP contribution in [0.25, 0.3) is 10.4 Å². The molecule has 14 nitrogen and oxygen atoms in total. The number of carbonyl (C=O) groups excluding carboxylic acids is 4. The Kier molecular flexibility index (Phi) is 14.6. The third-order valence-corrected chi connectivity index (χ3v) is 7.78. The number of nitrogens with zero attached hydrogens (tertiary/aromatic N) is 3. The first-order valence-electron chi connectivity index (χ1n) is 15.1. The fourth-order valence-corrected chi connectivity index (χ4v) is 5.64. The molecule has 2 aliphatic carbocycles. The molecule has 2 aromatic carbocycles. The minimum atomic E-state index is -0.561. The molecule has 0 radical (unpaired) electrons. The van der Waals surface area contributed by atoms with E-state index < -0.39 is 18.1 Å². The van der Waals surface area contributed by atoms with Crippen molar-refractivity contribution in [1.82, 2.24) is 10.6 Å². The van der Waals surface area contributed by atoms with Gasteiger partial charge < -0.3 is 35.3 Å². The van der Waals surface area contributed by atoms with Gasteiger partial charge in [-0.2, -0.15) is 0 Å². The largest absolute Gasteiger partial charge is 0.469 e. The van der Waals surface area contributed by atoms with E-state index in [2.05, 4.69) is 20.7 Å². The summed E-state index contributed by atoms with van der Waals surface area (Å²) in [6.07, 6.45) is 2.02. The number of hydrogen-bond donors (Lipinski definition) is 3. The lowest BCUT2D eigenvalue weighted by atomic mass is 9.83. The van der Waals surface area contributed by atoms with Gasteiger partial charge in [0.1, 0.15) is 13.2 Å². The maximum atomic E-state index is 11.9. The Morgan fingerprint density at radius 2 is 1.20 bits per heavy atom. The van der Waals surface area contributed by atoms with Crippen LogP contribution in [-0.2, 0) is 41.8 Å². The highest BCUT2D eigenvalue weighted by Crippen LogP contribution is 2.28. The first-order chi connectivity index (χ1) is 22.2. The average molecular weight is 639 g/mol. The third kappa shape index (κ3) is 12.3. The van der Waals surface area contributed by atoms with E-state index in [9.17, 15) is 19.2 Å². The van der Waals surface area contributed by atoms with Gasteiger partial charge in [-0.15, -0.1) is 0 Å². The van der Waals surface area contributed by atoms with Crippen LogP contribution in [0.2, 0.25) is 0 Å². The number of ether oxygens (including phenoxy) is 4. The quantitative estimate of drug-likeness (QED) is 0.116. The van der Waals surface area contributed by atoms with Crippen molar-refractivity contribution in [2.45, 2.75) is 75.9 Å². The maximum Gasteiger partial charge on any atom is 0.407 e. The first kappa shape index (κ1) is 35.7. The molecule has 2 fully saturated rings. The highest BCUT2D eigenvalue weighted by atomic mass is 16.6. The van der Waals surface area contributed by atoms with E-state index in [0.717, 1.165) is 11.1 Å². The fraction of sp³-hybridized carbons (Fsp3) is 0.500. The van der Waals surface area contributed by atoms with Crippen LogP contribution in [0.3, 0.4) is 0 Å². The highest BCUT2D eigenvalue weighted by molar-refractivity contribution is 5.73. The van der Waals surface area contributed by atoms with E-state index in [-0.39, 0.29) is 55.2 Å². The number of nitrogens with one attached hydrogen (secondary N) is 2. The van der Waals surface area contributed by atoms with Crippen molar-refractivity contribution in [2.75, 3.05) is 14.2 Å². The summed E-state index contributed by atoms with van der Waals surface area (Å²) < 4.78 is 19.9. The Bertz CT molecular complexity index is 1320. The zero-order valence-corrected chi connectivity index (χ0v) is 26.1. The predicted molar refractivity (Wildman–Crippen MR) is 167 cm³/mol. The first-order valence-corrected chi connectivity index (χ1v) is 15.1. The number of alkyl carbamates (subject to hydrolysis) is 2. The number of carbonyl (C=O) groups is 4. The molecule has 0 aromatic heterocycles.